The topological polar surface area (TPSA) is 0 Å². The van der Waals surface area contributed by atoms with E-state index in [2.05, 4.69) is 161 Å². The van der Waals surface area contributed by atoms with Gasteiger partial charge in [-0.15, -0.1) is 0 Å². The maximum Gasteiger partial charge on any atom is -0.00134 e. The van der Waals surface area contributed by atoms with Crippen LogP contribution < -0.4 is 0 Å². The molecular formula is C64H74. The lowest BCUT2D eigenvalue weighted by Crippen LogP contribution is -1.98. The molecule has 330 valence electrons. The van der Waals surface area contributed by atoms with Crippen molar-refractivity contribution in [2.75, 3.05) is 0 Å². The van der Waals surface area contributed by atoms with Crippen molar-refractivity contribution in [3.05, 3.63) is 156 Å². The van der Waals surface area contributed by atoms with Crippen molar-refractivity contribution >= 4 is 32.3 Å². The van der Waals surface area contributed by atoms with Crippen molar-refractivity contribution in [2.24, 2.45) is 0 Å². The Balaban J connectivity index is 1.35. The van der Waals surface area contributed by atoms with Gasteiger partial charge >= 0.3 is 0 Å². The van der Waals surface area contributed by atoms with E-state index >= 15 is 0 Å². The van der Waals surface area contributed by atoms with E-state index in [1.165, 1.54) is 202 Å². The van der Waals surface area contributed by atoms with Gasteiger partial charge in [-0.1, -0.05) is 238 Å². The smallest absolute Gasteiger partial charge is 0.00134 e. The van der Waals surface area contributed by atoms with Crippen LogP contribution in [0.25, 0.3) is 76.8 Å². The first-order chi connectivity index (χ1) is 31.6. The maximum atomic E-state index is 2.43. The van der Waals surface area contributed by atoms with Gasteiger partial charge in [0.05, 0.1) is 0 Å². The fourth-order valence-electron chi connectivity index (χ4n) is 10.6. The Labute approximate surface area is 386 Å². The Hall–Kier alpha value is -5.20. The van der Waals surface area contributed by atoms with Crippen LogP contribution in [0.15, 0.2) is 133 Å². The highest BCUT2D eigenvalue weighted by molar-refractivity contribution is 6.36. The normalized spacial score (nSPS) is 11.8. The van der Waals surface area contributed by atoms with E-state index in [0.29, 0.717) is 0 Å². The highest BCUT2D eigenvalue weighted by atomic mass is 14.3. The first-order valence-electron chi connectivity index (χ1n) is 25.8. The summed E-state index contributed by atoms with van der Waals surface area (Å²) < 4.78 is 0. The van der Waals surface area contributed by atoms with Gasteiger partial charge < -0.3 is 0 Å². The maximum absolute atomic E-state index is 2.43. The Morgan fingerprint density at radius 1 is 0.234 bits per heavy atom. The van der Waals surface area contributed by atoms with E-state index in [4.69, 9.17) is 0 Å². The number of rotatable bonds is 24. The summed E-state index contributed by atoms with van der Waals surface area (Å²) in [6.07, 6.45) is 25.2. The molecule has 0 bridgehead atoms. The Morgan fingerprint density at radius 2 is 0.453 bits per heavy atom. The van der Waals surface area contributed by atoms with Crippen molar-refractivity contribution in [2.45, 2.75) is 156 Å². The van der Waals surface area contributed by atoms with Crippen molar-refractivity contribution in [3.63, 3.8) is 0 Å². The summed E-state index contributed by atoms with van der Waals surface area (Å²) in [6.45, 7) is 9.20. The number of hydrogen-bond donors (Lipinski definition) is 0. The Kier molecular flexibility index (Phi) is 16.0. The first-order valence-corrected chi connectivity index (χ1v) is 25.8. The van der Waals surface area contributed by atoms with Crippen LogP contribution in [0.2, 0.25) is 0 Å². The molecular weight excluding hydrogens is 769 g/mol. The molecule has 0 heteroatoms. The summed E-state index contributed by atoms with van der Waals surface area (Å²) in [5.74, 6) is 0. The van der Waals surface area contributed by atoms with E-state index < -0.39 is 0 Å². The zero-order valence-corrected chi connectivity index (χ0v) is 39.8. The first kappa shape index (κ1) is 45.4. The predicted molar refractivity (Wildman–Crippen MR) is 283 cm³/mol. The molecule has 0 atom stereocenters. The quantitative estimate of drug-likeness (QED) is 0.0420. The third-order valence-corrected chi connectivity index (χ3v) is 14.2. The van der Waals surface area contributed by atoms with E-state index in [-0.39, 0.29) is 0 Å². The molecule has 0 spiro atoms. The molecule has 0 aromatic heterocycles. The minimum atomic E-state index is 1.15. The molecule has 0 N–H and O–H groups in total. The van der Waals surface area contributed by atoms with Crippen LogP contribution >= 0.6 is 0 Å². The summed E-state index contributed by atoms with van der Waals surface area (Å²) in [7, 11) is 0. The second-order valence-electron chi connectivity index (χ2n) is 19.0. The number of unbranched alkanes of at least 4 members (excludes halogenated alkanes) is 12. The number of benzene rings is 8. The van der Waals surface area contributed by atoms with Gasteiger partial charge in [0.2, 0.25) is 0 Å². The van der Waals surface area contributed by atoms with Crippen LogP contribution in [0.4, 0.5) is 0 Å². The highest BCUT2D eigenvalue weighted by Crippen LogP contribution is 2.53. The van der Waals surface area contributed by atoms with Crippen LogP contribution in [0.3, 0.4) is 0 Å². The third-order valence-electron chi connectivity index (χ3n) is 14.2. The van der Waals surface area contributed by atoms with Gasteiger partial charge in [-0.05, 0) is 150 Å². The molecule has 0 fully saturated rings. The fourth-order valence-corrected chi connectivity index (χ4v) is 10.6. The molecule has 0 heterocycles. The average molecular weight is 843 g/mol. The molecule has 0 saturated carbocycles. The van der Waals surface area contributed by atoms with Crippen molar-refractivity contribution in [3.8, 4) is 44.5 Å². The molecule has 0 unspecified atom stereocenters. The summed E-state index contributed by atoms with van der Waals surface area (Å²) in [5.41, 5.74) is 16.4. The van der Waals surface area contributed by atoms with Crippen molar-refractivity contribution < 1.29 is 0 Å². The second kappa shape index (κ2) is 22.6. The SMILES string of the molecule is CCCCCCc1ccc(-c2c(-c3ccc(CCCCCC)cc3)c3cccc4c(-c5ccc(CCCCCC)cc5)c(-c5ccc(CCCCCC)cc5)c5cccc2c5c34)cc1. The van der Waals surface area contributed by atoms with E-state index in [9.17, 15) is 0 Å². The molecule has 8 aromatic carbocycles. The van der Waals surface area contributed by atoms with Gasteiger partial charge in [0, 0.05) is 0 Å². The van der Waals surface area contributed by atoms with Crippen LogP contribution in [-0.4, -0.2) is 0 Å². The lowest BCUT2D eigenvalue weighted by Gasteiger charge is -2.25. The van der Waals surface area contributed by atoms with Crippen LogP contribution in [-0.2, 0) is 25.7 Å². The van der Waals surface area contributed by atoms with Crippen molar-refractivity contribution in [1.29, 1.82) is 0 Å². The zero-order valence-electron chi connectivity index (χ0n) is 39.8. The summed E-state index contributed by atoms with van der Waals surface area (Å²) in [5, 5.41) is 8.16. The molecule has 0 aliphatic rings. The highest BCUT2D eigenvalue weighted by Gasteiger charge is 2.25. The lowest BCUT2D eigenvalue weighted by atomic mass is 9.78. The van der Waals surface area contributed by atoms with Gasteiger partial charge in [0.1, 0.15) is 0 Å². The van der Waals surface area contributed by atoms with Gasteiger partial charge in [-0.3, -0.25) is 0 Å². The van der Waals surface area contributed by atoms with E-state index in [0.717, 1.165) is 25.7 Å². The van der Waals surface area contributed by atoms with Crippen LogP contribution in [0, 0.1) is 0 Å². The monoisotopic (exact) mass is 843 g/mol. The molecule has 8 aromatic rings. The number of aryl methyl sites for hydroxylation is 4. The number of hydrogen-bond acceptors (Lipinski definition) is 0. The third kappa shape index (κ3) is 10.3. The largest absolute Gasteiger partial charge is 0.0654 e. The standard InChI is InChI=1S/C64H74/c1-5-9-13-17-23-47-31-39-51(40-32-47)59-55-27-21-29-57-61(53-43-35-49(36-44-53)25-19-15-11-7-3)62(54-45-37-50(38-46-54)26-20-16-12-8-4)58-30-22-28-56(64(58)63(55)57)60(59)52-41-33-48(34-42-52)24-18-14-10-6-2/h21-22,27-46H,5-20,23-26H2,1-4H3. The summed E-state index contributed by atoms with van der Waals surface area (Å²) in [6, 6.07) is 53.0. The molecule has 0 aliphatic heterocycles. The molecule has 0 radical (unpaired) electrons. The van der Waals surface area contributed by atoms with Gasteiger partial charge in [0.25, 0.3) is 0 Å². The minimum Gasteiger partial charge on any atom is -0.0654 e. The average Bonchev–Trinajstić information content (AvgIpc) is 3.34. The van der Waals surface area contributed by atoms with Crippen molar-refractivity contribution in [1.82, 2.24) is 0 Å². The molecule has 64 heavy (non-hydrogen) atoms. The summed E-state index contributed by atoms with van der Waals surface area (Å²) >= 11 is 0. The van der Waals surface area contributed by atoms with Crippen LogP contribution in [0.5, 0.6) is 0 Å². The molecule has 0 aliphatic carbocycles. The molecule has 0 amide bonds. The van der Waals surface area contributed by atoms with Gasteiger partial charge in [0.15, 0.2) is 0 Å². The lowest BCUT2D eigenvalue weighted by molar-refractivity contribution is 0.667. The van der Waals surface area contributed by atoms with Gasteiger partial charge in [-0.2, -0.15) is 0 Å². The fraction of sp³-hybridized carbons (Fsp3) is 0.375. The Morgan fingerprint density at radius 3 is 0.656 bits per heavy atom. The summed E-state index contributed by atoms with van der Waals surface area (Å²) in [4.78, 5) is 0. The molecule has 0 saturated heterocycles. The van der Waals surface area contributed by atoms with Crippen LogP contribution in [0.1, 0.15) is 153 Å². The van der Waals surface area contributed by atoms with E-state index in [1.807, 2.05) is 0 Å². The molecule has 0 nitrogen and oxygen atoms in total. The van der Waals surface area contributed by atoms with E-state index in [1.54, 1.807) is 0 Å². The van der Waals surface area contributed by atoms with Gasteiger partial charge in [-0.25, -0.2) is 0 Å². The molecule has 8 rings (SSSR count). The minimum absolute atomic E-state index is 1.15. The zero-order chi connectivity index (χ0) is 44.1. The second-order valence-corrected chi connectivity index (χ2v) is 19.0. The Bertz CT molecular complexity index is 2290. The predicted octanol–water partition coefficient (Wildman–Crippen LogP) is 19.7.